The van der Waals surface area contributed by atoms with Crippen molar-refractivity contribution < 1.29 is 9.53 Å². The summed E-state index contributed by atoms with van der Waals surface area (Å²) in [6.07, 6.45) is 1.19. The van der Waals surface area contributed by atoms with E-state index < -0.39 is 6.04 Å². The monoisotopic (exact) mass is 489 g/mol. The number of amides is 1. The van der Waals surface area contributed by atoms with E-state index in [2.05, 4.69) is 0 Å². The number of ether oxygens (including phenoxy) is 1. The van der Waals surface area contributed by atoms with Gasteiger partial charge in [-0.1, -0.05) is 61.0 Å². The molecule has 0 N–H and O–H groups in total. The topological polar surface area (TPSA) is 64.4 Å². The number of nitrogens with zero attached hydrogens (tertiary/aromatic N) is 3. The van der Waals surface area contributed by atoms with Crippen LogP contribution in [0.25, 0.3) is 16.6 Å². The molecule has 1 atom stereocenters. The van der Waals surface area contributed by atoms with Crippen molar-refractivity contribution in [3.63, 3.8) is 0 Å². The fourth-order valence-corrected chi connectivity index (χ4v) is 4.53. The van der Waals surface area contributed by atoms with E-state index in [4.69, 9.17) is 21.3 Å². The highest BCUT2D eigenvalue weighted by Gasteiger charge is 2.30. The normalized spacial score (nSPS) is 12.0. The number of aromatic nitrogens is 2. The van der Waals surface area contributed by atoms with Gasteiger partial charge in [0.2, 0.25) is 0 Å². The number of halogens is 1. The maximum atomic E-state index is 13.8. The van der Waals surface area contributed by atoms with Gasteiger partial charge in [-0.05, 0) is 49.2 Å². The molecule has 0 bridgehead atoms. The zero-order valence-corrected chi connectivity index (χ0v) is 20.6. The van der Waals surface area contributed by atoms with Crippen molar-refractivity contribution in [2.24, 2.45) is 0 Å². The Morgan fingerprint density at radius 3 is 2.43 bits per heavy atom. The number of rotatable bonds is 9. The fourth-order valence-electron chi connectivity index (χ4n) is 4.31. The summed E-state index contributed by atoms with van der Waals surface area (Å²) in [4.78, 5) is 34.2. The summed E-state index contributed by atoms with van der Waals surface area (Å²) in [5, 5.41) is 0.911. The first-order chi connectivity index (χ1) is 17.1. The molecule has 0 aliphatic heterocycles. The van der Waals surface area contributed by atoms with E-state index in [1.807, 2.05) is 55.5 Å². The van der Waals surface area contributed by atoms with Crippen molar-refractivity contribution in [2.45, 2.75) is 25.8 Å². The van der Waals surface area contributed by atoms with E-state index in [9.17, 15) is 9.59 Å². The van der Waals surface area contributed by atoms with Gasteiger partial charge in [0.15, 0.2) is 0 Å². The molecule has 1 unspecified atom stereocenters. The second-order valence-corrected chi connectivity index (χ2v) is 8.62. The van der Waals surface area contributed by atoms with Crippen LogP contribution in [0.4, 0.5) is 0 Å². The van der Waals surface area contributed by atoms with Crippen molar-refractivity contribution >= 4 is 28.4 Å². The summed E-state index contributed by atoms with van der Waals surface area (Å²) in [6.45, 7) is 2.91. The molecule has 0 saturated heterocycles. The van der Waals surface area contributed by atoms with Crippen LogP contribution in [-0.4, -0.2) is 40.6 Å². The average Bonchev–Trinajstić information content (AvgIpc) is 2.89. The lowest BCUT2D eigenvalue weighted by molar-refractivity contribution is 0.0634. The summed E-state index contributed by atoms with van der Waals surface area (Å²) in [6, 6.07) is 23.3. The van der Waals surface area contributed by atoms with Gasteiger partial charge in [-0.3, -0.25) is 14.2 Å². The molecule has 180 valence electrons. The van der Waals surface area contributed by atoms with Crippen LogP contribution in [0.2, 0.25) is 5.02 Å². The van der Waals surface area contributed by atoms with Crippen LogP contribution < -0.4 is 5.56 Å². The molecule has 35 heavy (non-hydrogen) atoms. The molecular formula is C28H28ClN3O3. The summed E-state index contributed by atoms with van der Waals surface area (Å²) < 4.78 is 6.88. The minimum Gasteiger partial charge on any atom is -0.385 e. The third kappa shape index (κ3) is 5.14. The predicted molar refractivity (Wildman–Crippen MR) is 139 cm³/mol. The van der Waals surface area contributed by atoms with Gasteiger partial charge < -0.3 is 9.64 Å². The molecule has 0 aliphatic rings. The number of hydrogen-bond acceptors (Lipinski definition) is 4. The molecular weight excluding hydrogens is 462 g/mol. The lowest BCUT2D eigenvalue weighted by Gasteiger charge is -2.32. The third-order valence-electron chi connectivity index (χ3n) is 5.99. The molecule has 7 heteroatoms. The standard InChI is InChI=1S/C28H28ClN3O3/c1-3-25(31(18-11-19-35-2)27(33)21-14-7-9-16-23(21)29)26-30-24-17-10-8-15-22(24)28(34)32(26)20-12-5-4-6-13-20/h4-10,12-17,25H,3,11,18-19H2,1-2H3. The molecule has 0 saturated carbocycles. The van der Waals surface area contributed by atoms with Crippen LogP contribution in [0, 0.1) is 0 Å². The Balaban J connectivity index is 1.92. The minimum atomic E-state index is -0.465. The minimum absolute atomic E-state index is 0.169. The fraction of sp³-hybridized carbons (Fsp3) is 0.250. The first-order valence-corrected chi connectivity index (χ1v) is 12.1. The average molecular weight is 490 g/mol. The Morgan fingerprint density at radius 1 is 1.03 bits per heavy atom. The molecule has 0 aliphatic carbocycles. The molecule has 0 spiro atoms. The maximum Gasteiger partial charge on any atom is 0.266 e. The van der Waals surface area contributed by atoms with Gasteiger partial charge in [0.05, 0.1) is 33.2 Å². The van der Waals surface area contributed by atoms with Crippen LogP contribution in [-0.2, 0) is 4.74 Å². The van der Waals surface area contributed by atoms with Crippen LogP contribution in [0.1, 0.15) is 42.0 Å². The molecule has 1 heterocycles. The van der Waals surface area contributed by atoms with Crippen molar-refractivity contribution in [2.75, 3.05) is 20.3 Å². The highest BCUT2D eigenvalue weighted by molar-refractivity contribution is 6.33. The van der Waals surface area contributed by atoms with E-state index in [1.54, 1.807) is 46.9 Å². The summed E-state index contributed by atoms with van der Waals surface area (Å²) >= 11 is 6.41. The van der Waals surface area contributed by atoms with Crippen molar-refractivity contribution in [3.8, 4) is 5.69 Å². The first-order valence-electron chi connectivity index (χ1n) is 11.7. The summed E-state index contributed by atoms with van der Waals surface area (Å²) in [5.41, 5.74) is 1.54. The van der Waals surface area contributed by atoms with Gasteiger partial charge in [-0.25, -0.2) is 4.98 Å². The van der Waals surface area contributed by atoms with E-state index in [1.165, 1.54) is 0 Å². The van der Waals surface area contributed by atoms with Crippen molar-refractivity contribution in [1.29, 1.82) is 0 Å². The first kappa shape index (κ1) is 24.6. The SMILES string of the molecule is CCC(c1nc2ccccc2c(=O)n1-c1ccccc1)N(CCCOC)C(=O)c1ccccc1Cl. The molecule has 4 rings (SSSR count). The predicted octanol–water partition coefficient (Wildman–Crippen LogP) is 5.67. The molecule has 4 aromatic rings. The van der Waals surface area contributed by atoms with E-state index in [0.717, 1.165) is 0 Å². The largest absolute Gasteiger partial charge is 0.385 e. The Kier molecular flexibility index (Phi) is 7.95. The number of carbonyl (C=O) groups excluding carboxylic acids is 1. The van der Waals surface area contributed by atoms with Gasteiger partial charge in [0, 0.05) is 20.3 Å². The number of fused-ring (bicyclic) bond motifs is 1. The molecule has 3 aromatic carbocycles. The van der Waals surface area contributed by atoms with Crippen LogP contribution in [0.15, 0.2) is 83.7 Å². The number of benzene rings is 3. The molecule has 1 amide bonds. The molecule has 0 radical (unpaired) electrons. The van der Waals surface area contributed by atoms with Gasteiger partial charge >= 0.3 is 0 Å². The second kappa shape index (κ2) is 11.3. The van der Waals surface area contributed by atoms with E-state index in [0.29, 0.717) is 59.0 Å². The molecule has 6 nitrogen and oxygen atoms in total. The van der Waals surface area contributed by atoms with Gasteiger partial charge in [0.1, 0.15) is 5.82 Å². The Bertz CT molecular complexity index is 1370. The molecule has 1 aromatic heterocycles. The Morgan fingerprint density at radius 2 is 1.71 bits per heavy atom. The maximum absolute atomic E-state index is 13.8. The van der Waals surface area contributed by atoms with Crippen molar-refractivity contribution in [3.05, 3.63) is 106 Å². The third-order valence-corrected chi connectivity index (χ3v) is 6.32. The van der Waals surface area contributed by atoms with Crippen LogP contribution >= 0.6 is 11.6 Å². The number of hydrogen-bond donors (Lipinski definition) is 0. The van der Waals surface area contributed by atoms with E-state index >= 15 is 0 Å². The van der Waals surface area contributed by atoms with Gasteiger partial charge in [-0.15, -0.1) is 0 Å². The number of methoxy groups -OCH3 is 1. The summed E-state index contributed by atoms with van der Waals surface area (Å²) in [5.74, 6) is 0.306. The van der Waals surface area contributed by atoms with Crippen LogP contribution in [0.3, 0.4) is 0 Å². The zero-order valence-electron chi connectivity index (χ0n) is 19.9. The number of carbonyl (C=O) groups is 1. The lowest BCUT2D eigenvalue weighted by atomic mass is 10.1. The number of para-hydroxylation sites is 2. The quantitative estimate of drug-likeness (QED) is 0.284. The molecule has 0 fully saturated rings. The highest BCUT2D eigenvalue weighted by atomic mass is 35.5. The van der Waals surface area contributed by atoms with Crippen LogP contribution in [0.5, 0.6) is 0 Å². The highest BCUT2D eigenvalue weighted by Crippen LogP contribution is 2.29. The second-order valence-electron chi connectivity index (χ2n) is 8.21. The lowest BCUT2D eigenvalue weighted by Crippen LogP contribution is -2.39. The Labute approximate surface area is 209 Å². The van der Waals surface area contributed by atoms with E-state index in [-0.39, 0.29) is 11.5 Å². The zero-order chi connectivity index (χ0) is 24.8. The van der Waals surface area contributed by atoms with Gasteiger partial charge in [0.25, 0.3) is 11.5 Å². The Hall–Kier alpha value is -3.48. The smallest absolute Gasteiger partial charge is 0.266 e. The van der Waals surface area contributed by atoms with Gasteiger partial charge in [-0.2, -0.15) is 0 Å². The summed E-state index contributed by atoms with van der Waals surface area (Å²) in [7, 11) is 1.63. The van der Waals surface area contributed by atoms with Crippen molar-refractivity contribution in [1.82, 2.24) is 14.5 Å².